The molecule has 4 aromatic rings. The minimum absolute atomic E-state index is 0.0128. The highest BCUT2D eigenvalue weighted by molar-refractivity contribution is 6.33. The summed E-state index contributed by atoms with van der Waals surface area (Å²) in [6.45, 7) is 3.35. The lowest BCUT2D eigenvalue weighted by atomic mass is 9.99. The molecule has 0 saturated heterocycles. The van der Waals surface area contributed by atoms with Crippen LogP contribution in [0.3, 0.4) is 0 Å². The molecule has 0 fully saturated rings. The van der Waals surface area contributed by atoms with Crippen molar-refractivity contribution in [1.82, 2.24) is 5.32 Å². The Balaban J connectivity index is 1.46. The molecule has 4 rings (SSSR count). The van der Waals surface area contributed by atoms with Crippen molar-refractivity contribution < 1.29 is 23.5 Å². The summed E-state index contributed by atoms with van der Waals surface area (Å²) in [6, 6.07) is 20.7. The Labute approximate surface area is 212 Å². The van der Waals surface area contributed by atoms with Crippen LogP contribution in [-0.4, -0.2) is 18.1 Å². The number of rotatable bonds is 7. The fraction of sp³-hybridized carbons (Fsp3) is 0.179. The zero-order valence-electron chi connectivity index (χ0n) is 19.7. The molecule has 7 nitrogen and oxygen atoms in total. The van der Waals surface area contributed by atoms with E-state index in [0.29, 0.717) is 17.4 Å². The van der Waals surface area contributed by atoms with Gasteiger partial charge in [-0.25, -0.2) is 14.4 Å². The largest absolute Gasteiger partial charge is 0.445 e. The molecule has 1 aromatic heterocycles. The molecule has 1 unspecified atom stereocenters. The summed E-state index contributed by atoms with van der Waals surface area (Å²) in [4.78, 5) is 37.3. The SMILES string of the molecule is Cc1c(Cc2ccccc2)c(=O)oc2cc(OC(=O)C(C)NC(=O)OCc3ccccc3)c(Cl)cc12. The summed E-state index contributed by atoms with van der Waals surface area (Å²) in [5, 5.41) is 3.23. The number of carbonyl (C=O) groups excluding carboxylic acids is 2. The number of nitrogens with one attached hydrogen (secondary N) is 1. The highest BCUT2D eigenvalue weighted by Crippen LogP contribution is 2.32. The minimum Gasteiger partial charge on any atom is -0.445 e. The first-order valence-corrected chi connectivity index (χ1v) is 11.7. The highest BCUT2D eigenvalue weighted by Gasteiger charge is 2.21. The number of fused-ring (bicyclic) bond motifs is 1. The first kappa shape index (κ1) is 25.0. The molecule has 1 amide bonds. The average Bonchev–Trinajstić information content (AvgIpc) is 2.87. The number of hydrogen-bond acceptors (Lipinski definition) is 6. The molecule has 3 aromatic carbocycles. The lowest BCUT2D eigenvalue weighted by molar-refractivity contribution is -0.136. The van der Waals surface area contributed by atoms with Gasteiger partial charge in [-0.3, -0.25) is 0 Å². The van der Waals surface area contributed by atoms with Crippen LogP contribution in [0.4, 0.5) is 4.79 Å². The maximum atomic E-state index is 12.7. The second-order valence-corrected chi connectivity index (χ2v) is 8.69. The third-order valence-corrected chi connectivity index (χ3v) is 5.97. The van der Waals surface area contributed by atoms with Crippen molar-refractivity contribution in [3.63, 3.8) is 0 Å². The quantitative estimate of drug-likeness (QED) is 0.200. The number of ether oxygens (including phenoxy) is 2. The Morgan fingerprint density at radius 1 is 1.00 bits per heavy atom. The number of alkyl carbamates (subject to hydrolysis) is 1. The van der Waals surface area contributed by atoms with Gasteiger partial charge in [-0.2, -0.15) is 0 Å². The van der Waals surface area contributed by atoms with Crippen molar-refractivity contribution >= 4 is 34.6 Å². The predicted octanol–water partition coefficient (Wildman–Crippen LogP) is 5.57. The summed E-state index contributed by atoms with van der Waals surface area (Å²) in [6.07, 6.45) is -0.344. The number of benzene rings is 3. The topological polar surface area (TPSA) is 94.8 Å². The molecule has 0 radical (unpaired) electrons. The third kappa shape index (κ3) is 5.93. The molecule has 8 heteroatoms. The van der Waals surface area contributed by atoms with Gasteiger partial charge < -0.3 is 19.2 Å². The smallest absolute Gasteiger partial charge is 0.408 e. The number of aryl methyl sites for hydroxylation is 1. The molecule has 0 bridgehead atoms. The first-order chi connectivity index (χ1) is 17.3. The van der Waals surface area contributed by atoms with Crippen molar-refractivity contribution in [3.8, 4) is 5.75 Å². The van der Waals surface area contributed by atoms with E-state index in [2.05, 4.69) is 5.32 Å². The molecule has 1 N–H and O–H groups in total. The first-order valence-electron chi connectivity index (χ1n) is 11.3. The van der Waals surface area contributed by atoms with E-state index in [0.717, 1.165) is 16.7 Å². The van der Waals surface area contributed by atoms with Crippen molar-refractivity contribution in [2.24, 2.45) is 0 Å². The van der Waals surface area contributed by atoms with E-state index in [1.54, 1.807) is 6.07 Å². The van der Waals surface area contributed by atoms with Gasteiger partial charge in [-0.05, 0) is 36.6 Å². The van der Waals surface area contributed by atoms with Gasteiger partial charge in [0.05, 0.1) is 5.02 Å². The lowest BCUT2D eigenvalue weighted by Crippen LogP contribution is -2.41. The van der Waals surface area contributed by atoms with Gasteiger partial charge in [0.25, 0.3) is 0 Å². The lowest BCUT2D eigenvalue weighted by Gasteiger charge is -2.15. The van der Waals surface area contributed by atoms with Crippen LogP contribution in [0.25, 0.3) is 11.0 Å². The van der Waals surface area contributed by atoms with E-state index < -0.39 is 23.7 Å². The van der Waals surface area contributed by atoms with Crippen molar-refractivity contribution in [3.05, 3.63) is 110 Å². The van der Waals surface area contributed by atoms with Crippen LogP contribution in [-0.2, 0) is 22.6 Å². The second-order valence-electron chi connectivity index (χ2n) is 8.28. The average molecular weight is 506 g/mol. The molecular weight excluding hydrogens is 482 g/mol. The van der Waals surface area contributed by atoms with Crippen molar-refractivity contribution in [1.29, 1.82) is 0 Å². The second kappa shape index (κ2) is 11.1. The fourth-order valence-corrected chi connectivity index (χ4v) is 3.87. The van der Waals surface area contributed by atoms with Gasteiger partial charge in [-0.1, -0.05) is 72.3 Å². The maximum Gasteiger partial charge on any atom is 0.408 e. The molecule has 36 heavy (non-hydrogen) atoms. The Bertz CT molecular complexity index is 1450. The van der Waals surface area contributed by atoms with E-state index in [4.69, 9.17) is 25.5 Å². The zero-order valence-corrected chi connectivity index (χ0v) is 20.5. The third-order valence-electron chi connectivity index (χ3n) is 5.67. The number of carbonyl (C=O) groups is 2. The normalized spacial score (nSPS) is 11.6. The van der Waals surface area contributed by atoms with Gasteiger partial charge in [0.15, 0.2) is 5.75 Å². The molecule has 1 heterocycles. The van der Waals surface area contributed by atoms with Crippen molar-refractivity contribution in [2.75, 3.05) is 0 Å². The van der Waals surface area contributed by atoms with Crippen LogP contribution in [0.1, 0.15) is 29.2 Å². The van der Waals surface area contributed by atoms with Gasteiger partial charge in [-0.15, -0.1) is 0 Å². The summed E-state index contributed by atoms with van der Waals surface area (Å²) in [5.74, 6) is -0.744. The molecule has 184 valence electrons. The number of amides is 1. The van der Waals surface area contributed by atoms with E-state index in [9.17, 15) is 14.4 Å². The van der Waals surface area contributed by atoms with E-state index >= 15 is 0 Å². The Kier molecular flexibility index (Phi) is 7.71. The highest BCUT2D eigenvalue weighted by atomic mass is 35.5. The van der Waals surface area contributed by atoms with Crippen LogP contribution in [0.5, 0.6) is 5.75 Å². The van der Waals surface area contributed by atoms with E-state index in [1.807, 2.05) is 67.6 Å². The van der Waals surface area contributed by atoms with Crippen LogP contribution in [0.15, 0.2) is 82.0 Å². The van der Waals surface area contributed by atoms with Gasteiger partial charge in [0, 0.05) is 23.4 Å². The van der Waals surface area contributed by atoms with Crippen LogP contribution in [0.2, 0.25) is 5.02 Å². The van der Waals surface area contributed by atoms with Crippen molar-refractivity contribution in [2.45, 2.75) is 32.9 Å². The zero-order chi connectivity index (χ0) is 25.7. The number of hydrogen-bond donors (Lipinski definition) is 1. The summed E-state index contributed by atoms with van der Waals surface area (Å²) in [5.41, 5.74) is 2.83. The van der Waals surface area contributed by atoms with Crippen LogP contribution in [0, 0.1) is 6.92 Å². The van der Waals surface area contributed by atoms with Gasteiger partial charge in [0.2, 0.25) is 0 Å². The monoisotopic (exact) mass is 505 g/mol. The molecule has 0 aliphatic rings. The molecule has 0 saturated carbocycles. The summed E-state index contributed by atoms with van der Waals surface area (Å²) < 4.78 is 16.0. The standard InChI is InChI=1S/C28H24ClNO6/c1-17-21-14-23(29)25(15-24(21)35-27(32)22(17)13-19-9-5-3-6-10-19)36-26(31)18(2)30-28(33)34-16-20-11-7-4-8-12-20/h3-12,14-15,18H,13,16H2,1-2H3,(H,30,33). The Hall–Kier alpha value is -4.10. The Morgan fingerprint density at radius 3 is 2.31 bits per heavy atom. The summed E-state index contributed by atoms with van der Waals surface area (Å²) >= 11 is 6.39. The molecule has 0 spiro atoms. The minimum atomic E-state index is -1.01. The predicted molar refractivity (Wildman–Crippen MR) is 136 cm³/mol. The molecule has 0 aliphatic carbocycles. The molecule has 0 aliphatic heterocycles. The number of halogens is 1. The Morgan fingerprint density at radius 2 is 1.64 bits per heavy atom. The fourth-order valence-electron chi connectivity index (χ4n) is 3.67. The molecule has 1 atom stereocenters. The summed E-state index contributed by atoms with van der Waals surface area (Å²) in [7, 11) is 0. The van der Waals surface area contributed by atoms with Crippen LogP contribution < -0.4 is 15.7 Å². The molecular formula is C28H24ClNO6. The van der Waals surface area contributed by atoms with Gasteiger partial charge >= 0.3 is 17.7 Å². The maximum absolute atomic E-state index is 12.7. The van der Waals surface area contributed by atoms with E-state index in [1.165, 1.54) is 13.0 Å². The van der Waals surface area contributed by atoms with Crippen LogP contribution >= 0.6 is 11.6 Å². The number of esters is 1. The van der Waals surface area contributed by atoms with E-state index in [-0.39, 0.29) is 23.0 Å². The van der Waals surface area contributed by atoms with Gasteiger partial charge in [0.1, 0.15) is 18.2 Å².